The van der Waals surface area contributed by atoms with Gasteiger partial charge < -0.3 is 13.9 Å². The van der Waals surface area contributed by atoms with Gasteiger partial charge in [0.15, 0.2) is 5.75 Å². The van der Waals surface area contributed by atoms with Gasteiger partial charge in [-0.2, -0.15) is 0 Å². The molecule has 1 aliphatic carbocycles. The van der Waals surface area contributed by atoms with Crippen LogP contribution in [0.15, 0.2) is 59.0 Å². The molecule has 4 heteroatoms. The predicted octanol–water partition coefficient (Wildman–Crippen LogP) is 3.26. The van der Waals surface area contributed by atoms with Gasteiger partial charge in [-0.1, -0.05) is 24.3 Å². The largest absolute Gasteiger partial charge is 0.466 e. The number of para-hydroxylation sites is 1. The number of benzene rings is 3. The highest BCUT2D eigenvalue weighted by molar-refractivity contribution is 6.97. The molecular weight excluding hydrogens is 323 g/mol. The lowest BCUT2D eigenvalue weighted by Gasteiger charge is -2.32. The molecule has 2 aliphatic heterocycles. The minimum absolute atomic E-state index is 0.0204. The van der Waals surface area contributed by atoms with Crippen LogP contribution in [0.2, 0.25) is 0 Å². The average molecular weight is 336 g/mol. The van der Waals surface area contributed by atoms with Crippen molar-refractivity contribution in [2.75, 3.05) is 0 Å². The zero-order valence-electron chi connectivity index (χ0n) is 13.9. The second-order valence-electron chi connectivity index (χ2n) is 7.26. The quantitative estimate of drug-likeness (QED) is 0.399. The van der Waals surface area contributed by atoms with Gasteiger partial charge in [-0.15, -0.1) is 0 Å². The molecule has 0 saturated carbocycles. The zero-order chi connectivity index (χ0) is 16.8. The lowest BCUT2D eigenvalue weighted by atomic mass is 9.36. The van der Waals surface area contributed by atoms with Gasteiger partial charge in [0.1, 0.15) is 28.5 Å². The summed E-state index contributed by atoms with van der Waals surface area (Å²) in [6, 6.07) is 18.6. The monoisotopic (exact) mass is 336 g/mol. The van der Waals surface area contributed by atoms with Crippen molar-refractivity contribution in [2.45, 2.75) is 12.8 Å². The number of aryl methyl sites for hydroxylation is 2. The van der Waals surface area contributed by atoms with E-state index >= 15 is 0 Å². The number of ether oxygens (including phenoxy) is 2. The van der Waals surface area contributed by atoms with Gasteiger partial charge in [-0.25, -0.2) is 0 Å². The van der Waals surface area contributed by atoms with Crippen molar-refractivity contribution in [1.82, 2.24) is 0 Å². The lowest BCUT2D eigenvalue weighted by Crippen LogP contribution is -2.57. The second kappa shape index (κ2) is 4.33. The summed E-state index contributed by atoms with van der Waals surface area (Å²) < 4.78 is 18.9. The van der Waals surface area contributed by atoms with Crippen molar-refractivity contribution in [3.05, 3.63) is 65.7 Å². The van der Waals surface area contributed by atoms with Crippen LogP contribution < -0.4 is 26.1 Å². The van der Waals surface area contributed by atoms with E-state index in [9.17, 15) is 0 Å². The van der Waals surface area contributed by atoms with Gasteiger partial charge in [0.05, 0.1) is 5.39 Å². The van der Waals surface area contributed by atoms with Gasteiger partial charge in [0.25, 0.3) is 0 Å². The summed E-state index contributed by atoms with van der Waals surface area (Å²) in [5.74, 6) is 3.52. The number of furan rings is 1. The third kappa shape index (κ3) is 1.47. The summed E-state index contributed by atoms with van der Waals surface area (Å²) in [6.07, 6.45) is 2.29. The second-order valence-corrected chi connectivity index (χ2v) is 7.26. The molecule has 3 aromatic carbocycles. The molecule has 26 heavy (non-hydrogen) atoms. The maximum atomic E-state index is 6.30. The van der Waals surface area contributed by atoms with E-state index in [2.05, 4.69) is 18.2 Å². The normalized spacial score (nSPS) is 15.2. The van der Waals surface area contributed by atoms with Crippen LogP contribution >= 0.6 is 0 Å². The highest BCUT2D eigenvalue weighted by Gasteiger charge is 2.44. The first-order valence-electron chi connectivity index (χ1n) is 9.02. The molecule has 4 aromatic rings. The number of hydrogen-bond donors (Lipinski definition) is 0. The van der Waals surface area contributed by atoms with Crippen molar-refractivity contribution < 1.29 is 13.9 Å². The number of fused-ring (bicyclic) bond motifs is 7. The Kier molecular flexibility index (Phi) is 2.19. The number of rotatable bonds is 0. The molecule has 0 N–H and O–H groups in total. The maximum Gasteiger partial charge on any atom is 0.305 e. The zero-order valence-corrected chi connectivity index (χ0v) is 13.9. The first-order valence-corrected chi connectivity index (χ1v) is 9.02. The van der Waals surface area contributed by atoms with E-state index in [0.29, 0.717) is 0 Å². The fourth-order valence-corrected chi connectivity index (χ4v) is 4.54. The molecule has 0 atom stereocenters. The van der Waals surface area contributed by atoms with Crippen LogP contribution in [0.5, 0.6) is 23.0 Å². The molecule has 122 valence electrons. The van der Waals surface area contributed by atoms with E-state index < -0.39 is 0 Å². The van der Waals surface area contributed by atoms with Gasteiger partial charge in [0.2, 0.25) is 0 Å². The van der Waals surface area contributed by atoms with Crippen LogP contribution in [0.3, 0.4) is 0 Å². The topological polar surface area (TPSA) is 31.6 Å². The minimum Gasteiger partial charge on any atom is -0.466 e. The fraction of sp³-hybridized carbons (Fsp3) is 0.0909. The molecule has 3 nitrogen and oxygen atoms in total. The smallest absolute Gasteiger partial charge is 0.305 e. The lowest BCUT2D eigenvalue weighted by molar-refractivity contribution is 0.460. The van der Waals surface area contributed by atoms with Crippen LogP contribution in [0.1, 0.15) is 11.1 Å². The SMILES string of the molecule is c1cc2c3c(c1)Oc1c(oc4ccccc14)B3c1cc3c(cc1O2)CC3. The third-order valence-electron chi connectivity index (χ3n) is 5.89. The van der Waals surface area contributed by atoms with Gasteiger partial charge in [-0.05, 0) is 59.8 Å². The maximum absolute atomic E-state index is 6.30. The molecule has 0 spiro atoms. The van der Waals surface area contributed by atoms with Crippen molar-refractivity contribution in [2.24, 2.45) is 0 Å². The van der Waals surface area contributed by atoms with Crippen molar-refractivity contribution in [3.63, 3.8) is 0 Å². The first-order chi connectivity index (χ1) is 12.9. The van der Waals surface area contributed by atoms with Crippen molar-refractivity contribution >= 4 is 34.3 Å². The minimum atomic E-state index is 0.0204. The molecule has 7 rings (SSSR count). The van der Waals surface area contributed by atoms with Crippen LogP contribution in [-0.2, 0) is 12.8 Å². The van der Waals surface area contributed by atoms with E-state index in [1.54, 1.807) is 0 Å². The Bertz CT molecular complexity index is 1250. The summed E-state index contributed by atoms with van der Waals surface area (Å²) in [5, 5.41) is 1.02. The van der Waals surface area contributed by atoms with E-state index in [4.69, 9.17) is 13.9 Å². The summed E-state index contributed by atoms with van der Waals surface area (Å²) in [4.78, 5) is 0. The molecule has 1 aromatic heterocycles. The third-order valence-corrected chi connectivity index (χ3v) is 5.89. The summed E-state index contributed by atoms with van der Waals surface area (Å²) in [5.41, 5.74) is 6.84. The highest BCUT2D eigenvalue weighted by Crippen LogP contribution is 2.39. The van der Waals surface area contributed by atoms with E-state index in [1.165, 1.54) is 16.6 Å². The van der Waals surface area contributed by atoms with E-state index in [1.807, 2.05) is 36.4 Å². The Morgan fingerprint density at radius 2 is 1.58 bits per heavy atom. The van der Waals surface area contributed by atoms with Crippen LogP contribution in [0, 0.1) is 0 Å². The molecule has 0 bridgehead atoms. The summed E-state index contributed by atoms with van der Waals surface area (Å²) in [7, 11) is 0. The standard InChI is InChI=1S/C22H13BO3/c1-2-5-16-14(4-1)21-22(26-16)23-15-10-12-8-9-13(12)11-19(15)24-17-6-3-7-18(25-21)20(17)23/h1-7,10-11H,8-9H2. The van der Waals surface area contributed by atoms with Crippen molar-refractivity contribution in [3.8, 4) is 23.0 Å². The van der Waals surface area contributed by atoms with Crippen LogP contribution in [0.4, 0.5) is 0 Å². The average Bonchev–Trinajstić information content (AvgIpc) is 3.02. The Balaban J connectivity index is 1.59. The van der Waals surface area contributed by atoms with E-state index in [-0.39, 0.29) is 6.71 Å². The van der Waals surface area contributed by atoms with Gasteiger partial charge >= 0.3 is 6.71 Å². The molecule has 0 saturated heterocycles. The Morgan fingerprint density at radius 3 is 2.46 bits per heavy atom. The fourth-order valence-electron chi connectivity index (χ4n) is 4.54. The first kappa shape index (κ1) is 13.1. The predicted molar refractivity (Wildman–Crippen MR) is 101 cm³/mol. The van der Waals surface area contributed by atoms with Gasteiger partial charge in [-0.3, -0.25) is 0 Å². The summed E-state index contributed by atoms with van der Waals surface area (Å²) >= 11 is 0. The van der Waals surface area contributed by atoms with Crippen LogP contribution in [0.25, 0.3) is 11.0 Å². The molecule has 3 heterocycles. The Morgan fingerprint density at radius 1 is 0.769 bits per heavy atom. The molecule has 0 amide bonds. The molecule has 3 aliphatic rings. The molecule has 0 fully saturated rings. The summed E-state index contributed by atoms with van der Waals surface area (Å²) in [6.45, 7) is 0.0204. The van der Waals surface area contributed by atoms with Crippen LogP contribution in [-0.4, -0.2) is 6.71 Å². The highest BCUT2D eigenvalue weighted by atomic mass is 16.5. The number of hydrogen-bond acceptors (Lipinski definition) is 3. The molecule has 0 unspecified atom stereocenters. The molecular formula is C22H13BO3. The Labute approximate surface area is 150 Å². The van der Waals surface area contributed by atoms with Gasteiger partial charge in [0, 0.05) is 5.46 Å². The van der Waals surface area contributed by atoms with E-state index in [0.717, 1.165) is 57.9 Å². The van der Waals surface area contributed by atoms with Crippen molar-refractivity contribution in [1.29, 1.82) is 0 Å². The molecule has 0 radical (unpaired) electrons. The Hall–Kier alpha value is -3.14.